The van der Waals surface area contributed by atoms with Gasteiger partial charge in [0.15, 0.2) is 0 Å². The molecule has 0 saturated carbocycles. The van der Waals surface area contributed by atoms with Gasteiger partial charge in [-0.2, -0.15) is 0 Å². The van der Waals surface area contributed by atoms with Crippen LogP contribution in [0.4, 0.5) is 0 Å². The molecule has 0 saturated heterocycles. The number of unbranched alkanes of at least 4 members (excludes halogenated alkanes) is 5. The third-order valence-corrected chi connectivity index (χ3v) is 1.46. The molecule has 0 atom stereocenters. The molecule has 0 aliphatic heterocycles. The highest BCUT2D eigenvalue weighted by molar-refractivity contribution is 6.40. The number of rotatable bonds is 5. The lowest BCUT2D eigenvalue weighted by molar-refractivity contribution is 0.624. The first kappa shape index (κ1) is 14.1. The van der Waals surface area contributed by atoms with Gasteiger partial charge >= 0.3 is 0 Å². The van der Waals surface area contributed by atoms with Crippen molar-refractivity contribution in [2.45, 2.75) is 52.4 Å². The summed E-state index contributed by atoms with van der Waals surface area (Å²) in [6.07, 6.45) is 8.49. The molecule has 0 heterocycles. The third-order valence-electron chi connectivity index (χ3n) is 1.46. The van der Waals surface area contributed by atoms with Crippen LogP contribution < -0.4 is 0 Å². The van der Waals surface area contributed by atoms with Gasteiger partial charge < -0.3 is 0 Å². The van der Waals surface area contributed by atoms with E-state index in [4.69, 9.17) is 23.2 Å². The van der Waals surface area contributed by atoms with Gasteiger partial charge in [-0.25, -0.2) is 0 Å². The average molecular weight is 199 g/mol. The fourth-order valence-electron chi connectivity index (χ4n) is 0.854. The monoisotopic (exact) mass is 198 g/mol. The highest BCUT2D eigenvalue weighted by Crippen LogP contribution is 2.03. The predicted molar refractivity (Wildman–Crippen MR) is 55.6 cm³/mol. The van der Waals surface area contributed by atoms with Crippen molar-refractivity contribution in [3.05, 3.63) is 0 Å². The lowest BCUT2D eigenvalue weighted by Crippen LogP contribution is -1.73. The molecule has 0 unspecified atom stereocenters. The van der Waals surface area contributed by atoms with Crippen LogP contribution in [0.2, 0.25) is 0 Å². The maximum Gasteiger partial charge on any atom is 0.0967 e. The minimum atomic E-state index is 0.194. The standard InChI is InChI=1S/C8H18.CH2Cl2/c1-3-5-7-8-6-4-2;2-1-3/h3-8H2,1-2H3;1H2. The van der Waals surface area contributed by atoms with Crippen LogP contribution in [0.3, 0.4) is 0 Å². The zero-order valence-corrected chi connectivity index (χ0v) is 9.22. The van der Waals surface area contributed by atoms with Crippen LogP contribution in [-0.4, -0.2) is 5.34 Å². The fourth-order valence-corrected chi connectivity index (χ4v) is 0.854. The van der Waals surface area contributed by atoms with Crippen molar-refractivity contribution in [1.29, 1.82) is 0 Å². The summed E-state index contributed by atoms with van der Waals surface area (Å²) >= 11 is 9.53. The first-order valence-corrected chi connectivity index (χ1v) is 5.52. The van der Waals surface area contributed by atoms with Gasteiger partial charge in [-0.3, -0.25) is 0 Å². The fraction of sp³-hybridized carbons (Fsp3) is 1.00. The van der Waals surface area contributed by atoms with Crippen molar-refractivity contribution in [3.63, 3.8) is 0 Å². The second kappa shape index (κ2) is 16.9. The van der Waals surface area contributed by atoms with Crippen molar-refractivity contribution in [3.8, 4) is 0 Å². The molecule has 0 spiro atoms. The molecule has 0 aromatic heterocycles. The maximum atomic E-state index is 4.76. The van der Waals surface area contributed by atoms with Gasteiger partial charge in [0.25, 0.3) is 0 Å². The van der Waals surface area contributed by atoms with Gasteiger partial charge in [0.1, 0.15) is 0 Å². The molecular formula is C9H20Cl2. The van der Waals surface area contributed by atoms with Gasteiger partial charge in [-0.05, 0) is 0 Å². The Balaban J connectivity index is 0. The Labute approximate surface area is 81.3 Å². The Morgan fingerprint density at radius 1 is 0.727 bits per heavy atom. The molecule has 2 heteroatoms. The van der Waals surface area contributed by atoms with Crippen molar-refractivity contribution in [2.24, 2.45) is 0 Å². The third kappa shape index (κ3) is 25.0. The SMILES string of the molecule is CCCCCCCC.ClCCl. The van der Waals surface area contributed by atoms with E-state index in [1.54, 1.807) is 0 Å². The number of hydrogen-bond acceptors (Lipinski definition) is 0. The number of alkyl halides is 2. The minimum Gasteiger partial charge on any atom is -0.109 e. The van der Waals surface area contributed by atoms with E-state index in [-0.39, 0.29) is 5.34 Å². The van der Waals surface area contributed by atoms with Crippen LogP contribution in [0.1, 0.15) is 52.4 Å². The first-order chi connectivity index (χ1) is 5.33. The molecule has 11 heavy (non-hydrogen) atoms. The van der Waals surface area contributed by atoms with Crippen LogP contribution in [0.15, 0.2) is 0 Å². The molecule has 0 aromatic carbocycles. The summed E-state index contributed by atoms with van der Waals surface area (Å²) in [5, 5.41) is 0.194. The number of hydrogen-bond donors (Lipinski definition) is 0. The van der Waals surface area contributed by atoms with E-state index in [0.29, 0.717) is 0 Å². The van der Waals surface area contributed by atoms with E-state index in [2.05, 4.69) is 13.8 Å². The van der Waals surface area contributed by atoms with Crippen molar-refractivity contribution >= 4 is 23.2 Å². The van der Waals surface area contributed by atoms with E-state index in [9.17, 15) is 0 Å². The summed E-state index contributed by atoms with van der Waals surface area (Å²) in [4.78, 5) is 0. The van der Waals surface area contributed by atoms with Crippen molar-refractivity contribution < 1.29 is 0 Å². The molecule has 0 aliphatic carbocycles. The molecule has 0 aliphatic rings. The second-order valence-electron chi connectivity index (χ2n) is 2.52. The topological polar surface area (TPSA) is 0 Å². The molecule has 0 aromatic rings. The van der Waals surface area contributed by atoms with Crippen LogP contribution >= 0.6 is 23.2 Å². The van der Waals surface area contributed by atoms with Crippen molar-refractivity contribution in [1.82, 2.24) is 0 Å². The van der Waals surface area contributed by atoms with Crippen molar-refractivity contribution in [2.75, 3.05) is 5.34 Å². The smallest absolute Gasteiger partial charge is 0.0967 e. The summed E-state index contributed by atoms with van der Waals surface area (Å²) < 4.78 is 0. The lowest BCUT2D eigenvalue weighted by Gasteiger charge is -1.93. The van der Waals surface area contributed by atoms with Gasteiger partial charge in [0, 0.05) is 0 Å². The highest BCUT2D eigenvalue weighted by Gasteiger charge is 1.83. The molecular weight excluding hydrogens is 179 g/mol. The molecule has 70 valence electrons. The Morgan fingerprint density at radius 3 is 1.18 bits per heavy atom. The zero-order valence-electron chi connectivity index (χ0n) is 7.71. The molecule has 0 fully saturated rings. The molecule has 0 radical (unpaired) electrons. The predicted octanol–water partition coefficient (Wildman–Crippen LogP) is 4.79. The van der Waals surface area contributed by atoms with Crippen LogP contribution in [0.25, 0.3) is 0 Å². The van der Waals surface area contributed by atoms with Crippen LogP contribution in [-0.2, 0) is 0 Å². The Morgan fingerprint density at radius 2 is 1.00 bits per heavy atom. The van der Waals surface area contributed by atoms with E-state index >= 15 is 0 Å². The Kier molecular flexibility index (Phi) is 21.7. The zero-order chi connectivity index (χ0) is 8.95. The summed E-state index contributed by atoms with van der Waals surface area (Å²) in [5.74, 6) is 0. The summed E-state index contributed by atoms with van der Waals surface area (Å²) in [6, 6.07) is 0. The maximum absolute atomic E-state index is 4.76. The largest absolute Gasteiger partial charge is 0.109 e. The van der Waals surface area contributed by atoms with Crippen LogP contribution in [0, 0.1) is 0 Å². The Bertz CT molecular complexity index is 40.8. The molecule has 0 bridgehead atoms. The second-order valence-corrected chi connectivity index (χ2v) is 3.32. The molecule has 0 N–H and O–H groups in total. The minimum absolute atomic E-state index is 0.194. The summed E-state index contributed by atoms with van der Waals surface area (Å²) in [5.41, 5.74) is 0. The van der Waals surface area contributed by atoms with E-state index in [1.165, 1.54) is 38.5 Å². The molecule has 0 nitrogen and oxygen atoms in total. The first-order valence-electron chi connectivity index (χ1n) is 4.45. The van der Waals surface area contributed by atoms with Crippen LogP contribution in [0.5, 0.6) is 0 Å². The van der Waals surface area contributed by atoms with Gasteiger partial charge in [0.2, 0.25) is 0 Å². The normalized spacial score (nSPS) is 8.73. The molecule has 0 rings (SSSR count). The lowest BCUT2D eigenvalue weighted by atomic mass is 10.1. The quantitative estimate of drug-likeness (QED) is 0.441. The van der Waals surface area contributed by atoms with Gasteiger partial charge in [-0.1, -0.05) is 52.4 Å². The van der Waals surface area contributed by atoms with Gasteiger partial charge in [-0.15, -0.1) is 23.2 Å². The molecule has 0 amide bonds. The Hall–Kier alpha value is 0.580. The average Bonchev–Trinajstić information content (AvgIpc) is 2.00. The van der Waals surface area contributed by atoms with Gasteiger partial charge in [0.05, 0.1) is 5.34 Å². The summed E-state index contributed by atoms with van der Waals surface area (Å²) in [6.45, 7) is 4.51. The highest BCUT2D eigenvalue weighted by atomic mass is 35.5. The van der Waals surface area contributed by atoms with E-state index in [0.717, 1.165) is 0 Å². The van der Waals surface area contributed by atoms with E-state index in [1.807, 2.05) is 0 Å². The summed E-state index contributed by atoms with van der Waals surface area (Å²) in [7, 11) is 0. The number of halogens is 2. The van der Waals surface area contributed by atoms with E-state index < -0.39 is 0 Å².